The van der Waals surface area contributed by atoms with Gasteiger partial charge in [-0.25, -0.2) is 0 Å². The number of hydrogen-bond acceptors (Lipinski definition) is 6. The Labute approximate surface area is 201 Å². The lowest BCUT2D eigenvalue weighted by molar-refractivity contribution is -0.121. The van der Waals surface area contributed by atoms with Gasteiger partial charge in [0.25, 0.3) is 0 Å². The van der Waals surface area contributed by atoms with Gasteiger partial charge in [0.05, 0.1) is 12.8 Å². The van der Waals surface area contributed by atoms with E-state index in [2.05, 4.69) is 20.4 Å². The van der Waals surface area contributed by atoms with Crippen LogP contribution in [-0.4, -0.2) is 84.2 Å². The van der Waals surface area contributed by atoms with Crippen molar-refractivity contribution in [1.29, 1.82) is 0 Å². The monoisotopic (exact) mass is 468 g/mol. The summed E-state index contributed by atoms with van der Waals surface area (Å²) in [6.45, 7) is 7.37. The minimum atomic E-state index is 0.00525. The number of amides is 2. The van der Waals surface area contributed by atoms with Crippen LogP contribution in [0.5, 0.6) is 11.5 Å². The van der Waals surface area contributed by atoms with Crippen LogP contribution in [0.3, 0.4) is 0 Å². The van der Waals surface area contributed by atoms with Crippen LogP contribution in [0.4, 0.5) is 0 Å². The first-order valence-corrected chi connectivity index (χ1v) is 12.0. The highest BCUT2D eigenvalue weighted by Gasteiger charge is 2.16. The van der Waals surface area contributed by atoms with Gasteiger partial charge in [0, 0.05) is 39.3 Å². The van der Waals surface area contributed by atoms with Crippen LogP contribution < -0.4 is 10.6 Å². The number of carbonyl (C=O) groups is 2. The molecule has 0 spiro atoms. The van der Waals surface area contributed by atoms with Crippen molar-refractivity contribution in [3.8, 4) is 11.5 Å². The minimum Gasteiger partial charge on any atom is -0.508 e. The van der Waals surface area contributed by atoms with E-state index in [0.29, 0.717) is 25.9 Å². The molecule has 2 aromatic rings. The molecule has 34 heavy (non-hydrogen) atoms. The lowest BCUT2D eigenvalue weighted by atomic mass is 10.1. The van der Waals surface area contributed by atoms with E-state index in [0.717, 1.165) is 63.2 Å². The number of phenolic OH excluding ortho intramolecular Hbond substituents is 2. The molecule has 0 unspecified atom stereocenters. The summed E-state index contributed by atoms with van der Waals surface area (Å²) in [5, 5.41) is 24.5. The molecule has 0 saturated carbocycles. The third-order valence-electron chi connectivity index (χ3n) is 6.01. The quantitative estimate of drug-likeness (QED) is 0.352. The molecule has 0 aromatic heterocycles. The summed E-state index contributed by atoms with van der Waals surface area (Å²) >= 11 is 0. The molecule has 3 rings (SSSR count). The molecule has 0 radical (unpaired) electrons. The van der Waals surface area contributed by atoms with Gasteiger partial charge in [-0.1, -0.05) is 24.3 Å². The summed E-state index contributed by atoms with van der Waals surface area (Å²) in [4.78, 5) is 28.9. The van der Waals surface area contributed by atoms with Gasteiger partial charge < -0.3 is 30.6 Å². The number of piperazine rings is 1. The third kappa shape index (κ3) is 9.41. The Morgan fingerprint density at radius 1 is 0.647 bits per heavy atom. The standard InChI is InChI=1S/C26H36N4O4/c31-23-7-3-21(4-8-23)19-25(33)27-11-1-13-29-15-17-30(18-16-29)14-2-12-28-26(34)20-22-5-9-24(32)10-6-22/h3-10,31-32H,1-2,11-20H2,(H,27,33)(H,28,34). The second kappa shape index (κ2) is 13.6. The SMILES string of the molecule is O=C(Cc1ccc(O)cc1)NCCCN1CCN(CCCNC(=O)Cc2ccc(O)cc2)CC1. The Kier molecular flexibility index (Phi) is 10.2. The van der Waals surface area contributed by atoms with Gasteiger partial charge in [-0.2, -0.15) is 0 Å². The highest BCUT2D eigenvalue weighted by molar-refractivity contribution is 5.79. The lowest BCUT2D eigenvalue weighted by Crippen LogP contribution is -2.47. The van der Waals surface area contributed by atoms with E-state index >= 15 is 0 Å². The third-order valence-corrected chi connectivity index (χ3v) is 6.01. The van der Waals surface area contributed by atoms with Crippen LogP contribution in [-0.2, 0) is 22.4 Å². The molecule has 8 heteroatoms. The van der Waals surface area contributed by atoms with Gasteiger partial charge in [0.15, 0.2) is 0 Å². The van der Waals surface area contributed by atoms with Gasteiger partial charge in [-0.05, 0) is 61.3 Å². The number of nitrogens with zero attached hydrogens (tertiary/aromatic N) is 2. The number of benzene rings is 2. The first kappa shape index (κ1) is 25.5. The normalized spacial score (nSPS) is 14.6. The van der Waals surface area contributed by atoms with Crippen LogP contribution in [0.2, 0.25) is 0 Å². The molecule has 1 fully saturated rings. The van der Waals surface area contributed by atoms with E-state index in [4.69, 9.17) is 0 Å². The summed E-state index contributed by atoms with van der Waals surface area (Å²) in [7, 11) is 0. The largest absolute Gasteiger partial charge is 0.508 e. The Morgan fingerprint density at radius 2 is 1.00 bits per heavy atom. The van der Waals surface area contributed by atoms with Crippen LogP contribution in [0.15, 0.2) is 48.5 Å². The van der Waals surface area contributed by atoms with Crippen LogP contribution in [0.1, 0.15) is 24.0 Å². The summed E-state index contributed by atoms with van der Waals surface area (Å²) in [5.74, 6) is 0.423. The van der Waals surface area contributed by atoms with Gasteiger partial charge in [-0.3, -0.25) is 9.59 Å². The zero-order valence-corrected chi connectivity index (χ0v) is 19.7. The Bertz CT molecular complexity index is 819. The maximum absolute atomic E-state index is 12.0. The number of nitrogens with one attached hydrogen (secondary N) is 2. The Hall–Kier alpha value is -3.10. The van der Waals surface area contributed by atoms with Crippen molar-refractivity contribution in [3.63, 3.8) is 0 Å². The van der Waals surface area contributed by atoms with E-state index in [9.17, 15) is 19.8 Å². The van der Waals surface area contributed by atoms with Crippen molar-refractivity contribution >= 4 is 11.8 Å². The molecule has 1 heterocycles. The van der Waals surface area contributed by atoms with Crippen molar-refractivity contribution < 1.29 is 19.8 Å². The number of phenols is 2. The molecule has 4 N–H and O–H groups in total. The lowest BCUT2D eigenvalue weighted by Gasteiger charge is -2.34. The minimum absolute atomic E-state index is 0.00525. The fraction of sp³-hybridized carbons (Fsp3) is 0.462. The average molecular weight is 469 g/mol. The fourth-order valence-corrected chi connectivity index (χ4v) is 4.02. The predicted molar refractivity (Wildman–Crippen MR) is 132 cm³/mol. The smallest absolute Gasteiger partial charge is 0.224 e. The average Bonchev–Trinajstić information content (AvgIpc) is 2.83. The molecule has 1 aliphatic heterocycles. The Balaban J connectivity index is 1.18. The predicted octanol–water partition coefficient (Wildman–Crippen LogP) is 1.51. The zero-order valence-electron chi connectivity index (χ0n) is 19.7. The van der Waals surface area contributed by atoms with Gasteiger partial charge in [-0.15, -0.1) is 0 Å². The van der Waals surface area contributed by atoms with E-state index < -0.39 is 0 Å². The first-order valence-electron chi connectivity index (χ1n) is 12.0. The maximum atomic E-state index is 12.0. The van der Waals surface area contributed by atoms with Crippen LogP contribution in [0.25, 0.3) is 0 Å². The van der Waals surface area contributed by atoms with Gasteiger partial charge in [0.1, 0.15) is 11.5 Å². The molecule has 0 bridgehead atoms. The number of carbonyl (C=O) groups excluding carboxylic acids is 2. The molecular formula is C26H36N4O4. The number of aromatic hydroxyl groups is 2. The zero-order chi connectivity index (χ0) is 24.2. The molecule has 8 nitrogen and oxygen atoms in total. The first-order chi connectivity index (χ1) is 16.5. The van der Waals surface area contributed by atoms with Crippen molar-refractivity contribution in [2.45, 2.75) is 25.7 Å². The van der Waals surface area contributed by atoms with Crippen molar-refractivity contribution in [2.75, 3.05) is 52.4 Å². The highest BCUT2D eigenvalue weighted by Crippen LogP contribution is 2.11. The van der Waals surface area contributed by atoms with Gasteiger partial charge in [0.2, 0.25) is 11.8 Å². The summed E-state index contributed by atoms with van der Waals surface area (Å²) in [6.07, 6.45) is 2.51. The number of hydrogen-bond donors (Lipinski definition) is 4. The molecule has 1 aliphatic rings. The summed E-state index contributed by atoms with van der Waals surface area (Å²) < 4.78 is 0. The van der Waals surface area contributed by atoms with E-state index in [1.54, 1.807) is 48.5 Å². The summed E-state index contributed by atoms with van der Waals surface area (Å²) in [5.41, 5.74) is 1.78. The molecule has 0 aliphatic carbocycles. The fourth-order valence-electron chi connectivity index (χ4n) is 4.02. The summed E-state index contributed by atoms with van der Waals surface area (Å²) in [6, 6.07) is 13.4. The highest BCUT2D eigenvalue weighted by atomic mass is 16.3. The van der Waals surface area contributed by atoms with Crippen molar-refractivity contribution in [1.82, 2.24) is 20.4 Å². The maximum Gasteiger partial charge on any atom is 0.224 e. The second-order valence-corrected chi connectivity index (χ2v) is 8.78. The van der Waals surface area contributed by atoms with E-state index in [-0.39, 0.29) is 23.3 Å². The van der Waals surface area contributed by atoms with Crippen molar-refractivity contribution in [3.05, 3.63) is 59.7 Å². The van der Waals surface area contributed by atoms with Crippen LogP contribution >= 0.6 is 0 Å². The van der Waals surface area contributed by atoms with E-state index in [1.165, 1.54) is 0 Å². The molecular weight excluding hydrogens is 432 g/mol. The number of rotatable bonds is 12. The van der Waals surface area contributed by atoms with Crippen LogP contribution in [0, 0.1) is 0 Å². The second-order valence-electron chi connectivity index (χ2n) is 8.78. The molecule has 0 atom stereocenters. The molecule has 1 saturated heterocycles. The Morgan fingerprint density at radius 3 is 1.35 bits per heavy atom. The molecule has 2 amide bonds. The van der Waals surface area contributed by atoms with E-state index in [1.807, 2.05) is 0 Å². The molecule has 2 aromatic carbocycles. The van der Waals surface area contributed by atoms with Gasteiger partial charge >= 0.3 is 0 Å². The van der Waals surface area contributed by atoms with Crippen molar-refractivity contribution in [2.24, 2.45) is 0 Å². The molecule has 184 valence electrons. The topological polar surface area (TPSA) is 105 Å².